The fourth-order valence-electron chi connectivity index (χ4n) is 2.05. The minimum Gasteiger partial charge on any atom is -0.293 e. The number of ketones is 1. The molecule has 5 heteroatoms. The Balaban J connectivity index is 2.19. The van der Waals surface area contributed by atoms with E-state index in [4.69, 9.17) is 4.18 Å². The lowest BCUT2D eigenvalue weighted by Gasteiger charge is -2.12. The predicted molar refractivity (Wildman–Crippen MR) is 79.9 cm³/mol. The Morgan fingerprint density at radius 3 is 2.35 bits per heavy atom. The van der Waals surface area contributed by atoms with Gasteiger partial charge in [-0.05, 0) is 12.5 Å². The number of rotatable bonds is 10. The standard InChI is InChI=1S/C15H24O4S/c1-2-3-4-5-6-7-10-13-19-20(17,18)15-12-9-8-11-14(15)16/h8-9,11-12,15H,2-7,10,13H2,1H3. The summed E-state index contributed by atoms with van der Waals surface area (Å²) in [6, 6.07) is 0. The average Bonchev–Trinajstić information content (AvgIpc) is 2.42. The Bertz CT molecular complexity index is 448. The van der Waals surface area contributed by atoms with Crippen molar-refractivity contribution in [3.8, 4) is 0 Å². The van der Waals surface area contributed by atoms with Gasteiger partial charge in [-0.2, -0.15) is 8.42 Å². The zero-order valence-electron chi connectivity index (χ0n) is 12.1. The largest absolute Gasteiger partial charge is 0.293 e. The van der Waals surface area contributed by atoms with Crippen molar-refractivity contribution in [1.82, 2.24) is 0 Å². The van der Waals surface area contributed by atoms with Crippen LogP contribution in [0.25, 0.3) is 0 Å². The highest BCUT2D eigenvalue weighted by molar-refractivity contribution is 7.88. The summed E-state index contributed by atoms with van der Waals surface area (Å²) in [6.07, 6.45) is 13.4. The topological polar surface area (TPSA) is 60.4 Å². The number of carbonyl (C=O) groups is 1. The summed E-state index contributed by atoms with van der Waals surface area (Å²) in [5.74, 6) is -0.438. The molecule has 0 spiro atoms. The lowest BCUT2D eigenvalue weighted by atomic mass is 10.1. The smallest absolute Gasteiger partial charge is 0.281 e. The first-order valence-corrected chi connectivity index (χ1v) is 8.82. The van der Waals surface area contributed by atoms with Crippen LogP contribution in [0.5, 0.6) is 0 Å². The van der Waals surface area contributed by atoms with Crippen molar-refractivity contribution in [1.29, 1.82) is 0 Å². The second-order valence-electron chi connectivity index (χ2n) is 5.00. The molecule has 0 aromatic carbocycles. The molecular weight excluding hydrogens is 276 g/mol. The molecule has 1 atom stereocenters. The zero-order chi connectivity index (χ0) is 14.8. The Hall–Kier alpha value is -0.940. The van der Waals surface area contributed by atoms with Crippen molar-refractivity contribution >= 4 is 15.9 Å². The van der Waals surface area contributed by atoms with Crippen LogP contribution in [0.1, 0.15) is 51.9 Å². The van der Waals surface area contributed by atoms with Crippen LogP contribution in [0.2, 0.25) is 0 Å². The molecule has 0 aromatic heterocycles. The molecule has 0 fully saturated rings. The van der Waals surface area contributed by atoms with E-state index < -0.39 is 21.2 Å². The number of allylic oxidation sites excluding steroid dienone is 3. The molecule has 0 amide bonds. The lowest BCUT2D eigenvalue weighted by molar-refractivity contribution is -0.113. The van der Waals surface area contributed by atoms with E-state index in [9.17, 15) is 13.2 Å². The third kappa shape index (κ3) is 6.01. The van der Waals surface area contributed by atoms with Gasteiger partial charge in [-0.15, -0.1) is 0 Å². The zero-order valence-corrected chi connectivity index (χ0v) is 12.9. The highest BCUT2D eigenvalue weighted by atomic mass is 32.2. The molecular formula is C15H24O4S. The maximum atomic E-state index is 11.8. The molecule has 1 aliphatic carbocycles. The maximum Gasteiger partial charge on any atom is 0.281 e. The highest BCUT2D eigenvalue weighted by Crippen LogP contribution is 2.13. The Morgan fingerprint density at radius 1 is 1.05 bits per heavy atom. The monoisotopic (exact) mass is 300 g/mol. The molecule has 0 bridgehead atoms. The molecule has 0 saturated heterocycles. The molecule has 114 valence electrons. The first-order valence-electron chi connectivity index (χ1n) is 7.35. The van der Waals surface area contributed by atoms with Crippen LogP contribution in [0.4, 0.5) is 0 Å². The van der Waals surface area contributed by atoms with Crippen LogP contribution in [0.3, 0.4) is 0 Å². The molecule has 1 rings (SSSR count). The highest BCUT2D eigenvalue weighted by Gasteiger charge is 2.30. The first-order chi connectivity index (χ1) is 9.58. The summed E-state index contributed by atoms with van der Waals surface area (Å²) in [5, 5.41) is -1.17. The van der Waals surface area contributed by atoms with Gasteiger partial charge in [0.25, 0.3) is 10.1 Å². The Kier molecular flexibility index (Phi) is 7.77. The average molecular weight is 300 g/mol. The molecule has 4 nitrogen and oxygen atoms in total. The van der Waals surface area contributed by atoms with Crippen LogP contribution in [0, 0.1) is 0 Å². The number of hydrogen-bond donors (Lipinski definition) is 0. The molecule has 0 N–H and O–H groups in total. The van der Waals surface area contributed by atoms with Gasteiger partial charge in [0.05, 0.1) is 6.61 Å². The predicted octanol–water partition coefficient (Wildman–Crippen LogP) is 3.15. The fourth-order valence-corrected chi connectivity index (χ4v) is 3.19. The molecule has 0 aromatic rings. The Morgan fingerprint density at radius 2 is 1.70 bits per heavy atom. The molecule has 0 radical (unpaired) electrons. The van der Waals surface area contributed by atoms with Crippen LogP contribution >= 0.6 is 0 Å². The third-order valence-electron chi connectivity index (χ3n) is 3.24. The van der Waals surface area contributed by atoms with Crippen LogP contribution in [-0.2, 0) is 19.1 Å². The van der Waals surface area contributed by atoms with Crippen LogP contribution in [0.15, 0.2) is 24.3 Å². The molecule has 1 aliphatic rings. The van der Waals surface area contributed by atoms with Crippen molar-refractivity contribution < 1.29 is 17.4 Å². The van der Waals surface area contributed by atoms with E-state index in [1.807, 2.05) is 0 Å². The summed E-state index contributed by atoms with van der Waals surface area (Å²) in [7, 11) is -3.82. The van der Waals surface area contributed by atoms with Gasteiger partial charge in [-0.3, -0.25) is 8.98 Å². The number of carbonyl (C=O) groups excluding carboxylic acids is 1. The van der Waals surface area contributed by atoms with Gasteiger partial charge in [0.1, 0.15) is 0 Å². The second-order valence-corrected chi connectivity index (χ2v) is 6.73. The van der Waals surface area contributed by atoms with Gasteiger partial charge in [0.2, 0.25) is 0 Å². The summed E-state index contributed by atoms with van der Waals surface area (Å²) >= 11 is 0. The van der Waals surface area contributed by atoms with E-state index in [1.54, 1.807) is 6.08 Å². The van der Waals surface area contributed by atoms with Gasteiger partial charge in [0, 0.05) is 0 Å². The summed E-state index contributed by atoms with van der Waals surface area (Å²) < 4.78 is 28.6. The van der Waals surface area contributed by atoms with Crippen molar-refractivity contribution in [3.63, 3.8) is 0 Å². The van der Waals surface area contributed by atoms with E-state index >= 15 is 0 Å². The van der Waals surface area contributed by atoms with E-state index in [-0.39, 0.29) is 6.61 Å². The Labute approximate surface area is 122 Å². The van der Waals surface area contributed by atoms with Crippen molar-refractivity contribution in [2.75, 3.05) is 6.61 Å². The van der Waals surface area contributed by atoms with E-state index in [1.165, 1.54) is 43.9 Å². The first kappa shape index (κ1) is 17.1. The second kappa shape index (κ2) is 9.08. The SMILES string of the molecule is CCCCCCCCCOS(=O)(=O)C1C=CC=CC1=O. The molecule has 0 saturated carbocycles. The van der Waals surface area contributed by atoms with Gasteiger partial charge < -0.3 is 0 Å². The lowest BCUT2D eigenvalue weighted by Crippen LogP contribution is -2.30. The summed E-state index contributed by atoms with van der Waals surface area (Å²) in [5.41, 5.74) is 0. The summed E-state index contributed by atoms with van der Waals surface area (Å²) in [6.45, 7) is 2.34. The third-order valence-corrected chi connectivity index (χ3v) is 4.75. The van der Waals surface area contributed by atoms with Crippen molar-refractivity contribution in [3.05, 3.63) is 24.3 Å². The van der Waals surface area contributed by atoms with Gasteiger partial charge in [0.15, 0.2) is 11.0 Å². The van der Waals surface area contributed by atoms with E-state index in [2.05, 4.69) is 6.92 Å². The van der Waals surface area contributed by atoms with E-state index in [0.717, 1.165) is 12.8 Å². The number of unbranched alkanes of at least 4 members (excludes halogenated alkanes) is 6. The summed E-state index contributed by atoms with van der Waals surface area (Å²) in [4.78, 5) is 11.5. The normalized spacial score (nSPS) is 18.6. The van der Waals surface area contributed by atoms with Crippen molar-refractivity contribution in [2.45, 2.75) is 57.1 Å². The fraction of sp³-hybridized carbons (Fsp3) is 0.667. The van der Waals surface area contributed by atoms with Gasteiger partial charge >= 0.3 is 0 Å². The van der Waals surface area contributed by atoms with Crippen molar-refractivity contribution in [2.24, 2.45) is 0 Å². The van der Waals surface area contributed by atoms with Crippen LogP contribution < -0.4 is 0 Å². The van der Waals surface area contributed by atoms with E-state index in [0.29, 0.717) is 6.42 Å². The quantitative estimate of drug-likeness (QED) is 0.459. The molecule has 20 heavy (non-hydrogen) atoms. The molecule has 1 unspecified atom stereocenters. The maximum absolute atomic E-state index is 11.8. The minimum atomic E-state index is -3.82. The van der Waals surface area contributed by atoms with Crippen LogP contribution in [-0.4, -0.2) is 26.1 Å². The minimum absolute atomic E-state index is 0.164. The molecule has 0 aliphatic heterocycles. The number of hydrogen-bond acceptors (Lipinski definition) is 4. The van der Waals surface area contributed by atoms with Gasteiger partial charge in [-0.1, -0.05) is 63.7 Å². The molecule has 0 heterocycles. The van der Waals surface area contributed by atoms with Gasteiger partial charge in [-0.25, -0.2) is 0 Å².